The van der Waals surface area contributed by atoms with Crippen LogP contribution in [-0.4, -0.2) is 56.8 Å². The Bertz CT molecular complexity index is 1300. The van der Waals surface area contributed by atoms with Gasteiger partial charge in [0, 0.05) is 49.6 Å². The van der Waals surface area contributed by atoms with Crippen LogP contribution in [0.1, 0.15) is 43.5 Å². The molecule has 8 nitrogen and oxygen atoms in total. The maximum absolute atomic E-state index is 13.6. The number of ether oxygens (including phenoxy) is 4. The smallest absolute Gasteiger partial charge is 0.258 e. The van der Waals surface area contributed by atoms with Crippen molar-refractivity contribution in [1.29, 1.82) is 0 Å². The van der Waals surface area contributed by atoms with E-state index in [1.54, 1.807) is 36.3 Å². The molecule has 0 radical (unpaired) electrons. The van der Waals surface area contributed by atoms with E-state index in [0.29, 0.717) is 59.0 Å². The van der Waals surface area contributed by atoms with E-state index in [9.17, 15) is 4.79 Å². The molecule has 5 rings (SSSR count). The first-order valence-electron chi connectivity index (χ1n) is 14.1. The number of piperidine rings is 1. The van der Waals surface area contributed by atoms with Crippen molar-refractivity contribution in [2.24, 2.45) is 5.92 Å². The summed E-state index contributed by atoms with van der Waals surface area (Å²) in [4.78, 5) is 17.9. The number of nitrogens with two attached hydrogens (primary N) is 1. The van der Waals surface area contributed by atoms with Crippen molar-refractivity contribution in [3.05, 3.63) is 66.2 Å². The maximum Gasteiger partial charge on any atom is 0.258 e. The van der Waals surface area contributed by atoms with Gasteiger partial charge in [-0.1, -0.05) is 13.8 Å². The van der Waals surface area contributed by atoms with Gasteiger partial charge in [-0.25, -0.2) is 0 Å². The standard InChI is InChI=1S/C32H39N3O5/c1-22(2)21-34-16-13-26(14-17-34)39-25-8-5-23(6-9-25)32(36)35-15-4-18-38-30-20-27(10-11-28(30)35)40-29-12-7-24(33)19-31(29)37-3/h5-12,19-20,22,26H,4,13-18,21,33H2,1-3H3. The zero-order valence-corrected chi connectivity index (χ0v) is 23.6. The van der Waals surface area contributed by atoms with Gasteiger partial charge in [0.1, 0.15) is 23.4 Å². The molecule has 2 aliphatic heterocycles. The van der Waals surface area contributed by atoms with E-state index in [-0.39, 0.29) is 12.0 Å². The fraction of sp³-hybridized carbons (Fsp3) is 0.406. The van der Waals surface area contributed by atoms with Crippen molar-refractivity contribution in [2.75, 3.05) is 50.5 Å². The lowest BCUT2D eigenvalue weighted by Gasteiger charge is -2.33. The molecule has 212 valence electrons. The topological polar surface area (TPSA) is 86.5 Å². The monoisotopic (exact) mass is 545 g/mol. The average molecular weight is 546 g/mol. The highest BCUT2D eigenvalue weighted by molar-refractivity contribution is 6.07. The number of hydrogen-bond donors (Lipinski definition) is 1. The third-order valence-electron chi connectivity index (χ3n) is 7.23. The first kappa shape index (κ1) is 27.6. The number of nitrogen functional groups attached to an aromatic ring is 1. The van der Waals surface area contributed by atoms with Crippen molar-refractivity contribution in [3.63, 3.8) is 0 Å². The van der Waals surface area contributed by atoms with E-state index < -0.39 is 0 Å². The van der Waals surface area contributed by atoms with Crippen molar-refractivity contribution in [3.8, 4) is 28.7 Å². The van der Waals surface area contributed by atoms with E-state index in [1.165, 1.54) is 0 Å². The van der Waals surface area contributed by atoms with Gasteiger partial charge >= 0.3 is 0 Å². The van der Waals surface area contributed by atoms with Crippen LogP contribution >= 0.6 is 0 Å². The number of hydrogen-bond acceptors (Lipinski definition) is 7. The minimum Gasteiger partial charge on any atom is -0.493 e. The van der Waals surface area contributed by atoms with Crippen molar-refractivity contribution in [1.82, 2.24) is 4.90 Å². The Balaban J connectivity index is 1.25. The molecular weight excluding hydrogens is 506 g/mol. The molecule has 1 saturated heterocycles. The number of methoxy groups -OCH3 is 1. The molecule has 8 heteroatoms. The van der Waals surface area contributed by atoms with Crippen LogP contribution in [0, 0.1) is 5.92 Å². The number of rotatable bonds is 8. The van der Waals surface area contributed by atoms with Crippen LogP contribution in [-0.2, 0) is 0 Å². The molecule has 2 heterocycles. The van der Waals surface area contributed by atoms with Crippen LogP contribution in [0.4, 0.5) is 11.4 Å². The molecule has 3 aromatic carbocycles. The Hall–Kier alpha value is -3.91. The summed E-state index contributed by atoms with van der Waals surface area (Å²) < 4.78 is 23.7. The molecule has 3 aromatic rings. The number of amides is 1. The first-order chi connectivity index (χ1) is 19.4. The van der Waals surface area contributed by atoms with E-state index in [4.69, 9.17) is 24.7 Å². The molecule has 0 aromatic heterocycles. The first-order valence-corrected chi connectivity index (χ1v) is 14.1. The molecule has 2 N–H and O–H groups in total. The molecule has 0 spiro atoms. The largest absolute Gasteiger partial charge is 0.493 e. The molecule has 0 saturated carbocycles. The minimum absolute atomic E-state index is 0.0748. The Kier molecular flexibility index (Phi) is 8.65. The summed E-state index contributed by atoms with van der Waals surface area (Å²) in [6.07, 6.45) is 2.98. The fourth-order valence-corrected chi connectivity index (χ4v) is 5.28. The number of carbonyl (C=O) groups excluding carboxylic acids is 1. The number of anilines is 2. The molecule has 0 atom stereocenters. The summed E-state index contributed by atoms with van der Waals surface area (Å²) in [7, 11) is 1.57. The molecule has 2 aliphatic rings. The van der Waals surface area contributed by atoms with Gasteiger partial charge in [0.2, 0.25) is 0 Å². The van der Waals surface area contributed by atoms with E-state index in [0.717, 1.165) is 44.6 Å². The average Bonchev–Trinajstić information content (AvgIpc) is 3.17. The molecule has 1 fully saturated rings. The Labute approximate surface area is 236 Å². The molecule has 1 amide bonds. The van der Waals surface area contributed by atoms with Crippen molar-refractivity contribution < 1.29 is 23.7 Å². The predicted molar refractivity (Wildman–Crippen MR) is 157 cm³/mol. The number of nitrogens with zero attached hydrogens (tertiary/aromatic N) is 2. The van der Waals surface area contributed by atoms with Crippen molar-refractivity contribution in [2.45, 2.75) is 39.2 Å². The summed E-state index contributed by atoms with van der Waals surface area (Å²) in [6.45, 7) is 8.86. The lowest BCUT2D eigenvalue weighted by Crippen LogP contribution is -2.39. The molecular formula is C32H39N3O5. The van der Waals surface area contributed by atoms with Gasteiger partial charge in [-0.15, -0.1) is 0 Å². The Morgan fingerprint density at radius 3 is 2.45 bits per heavy atom. The summed E-state index contributed by atoms with van der Waals surface area (Å²) >= 11 is 0. The van der Waals surface area contributed by atoms with Crippen LogP contribution in [0.2, 0.25) is 0 Å². The van der Waals surface area contributed by atoms with Gasteiger partial charge in [-0.05, 0) is 73.7 Å². The minimum atomic E-state index is -0.0748. The summed E-state index contributed by atoms with van der Waals surface area (Å²) in [5.74, 6) is 3.67. The summed E-state index contributed by atoms with van der Waals surface area (Å²) in [5.41, 5.74) is 7.78. The van der Waals surface area contributed by atoms with Crippen LogP contribution in [0.15, 0.2) is 60.7 Å². The Morgan fingerprint density at radius 2 is 1.73 bits per heavy atom. The number of benzene rings is 3. The third kappa shape index (κ3) is 6.62. The predicted octanol–water partition coefficient (Wildman–Crippen LogP) is 6.00. The lowest BCUT2D eigenvalue weighted by molar-refractivity contribution is 0.0940. The maximum atomic E-state index is 13.6. The highest BCUT2D eigenvalue weighted by Gasteiger charge is 2.25. The van der Waals surface area contributed by atoms with E-state index in [1.807, 2.05) is 36.4 Å². The highest BCUT2D eigenvalue weighted by atomic mass is 16.5. The zero-order chi connectivity index (χ0) is 28.1. The molecule has 0 bridgehead atoms. The van der Waals surface area contributed by atoms with Crippen LogP contribution in [0.5, 0.6) is 28.7 Å². The van der Waals surface area contributed by atoms with Gasteiger partial charge in [0.15, 0.2) is 11.5 Å². The SMILES string of the molecule is COc1cc(N)ccc1Oc1ccc2c(c1)OCCCN2C(=O)c1ccc(OC2CCN(CC(C)C)CC2)cc1. The third-order valence-corrected chi connectivity index (χ3v) is 7.23. The quantitative estimate of drug-likeness (QED) is 0.348. The summed E-state index contributed by atoms with van der Waals surface area (Å²) in [6, 6.07) is 18.2. The highest BCUT2D eigenvalue weighted by Crippen LogP contribution is 2.39. The lowest BCUT2D eigenvalue weighted by atomic mass is 10.1. The number of fused-ring (bicyclic) bond motifs is 1. The second-order valence-electron chi connectivity index (χ2n) is 10.8. The second-order valence-corrected chi connectivity index (χ2v) is 10.8. The second kappa shape index (κ2) is 12.5. The van der Waals surface area contributed by atoms with Gasteiger partial charge in [0.05, 0.1) is 19.4 Å². The van der Waals surface area contributed by atoms with Gasteiger partial charge in [-0.2, -0.15) is 0 Å². The number of carbonyl (C=O) groups is 1. The van der Waals surface area contributed by atoms with Crippen molar-refractivity contribution >= 4 is 17.3 Å². The fourth-order valence-electron chi connectivity index (χ4n) is 5.28. The zero-order valence-electron chi connectivity index (χ0n) is 23.6. The van der Waals surface area contributed by atoms with Gasteiger partial charge < -0.3 is 34.5 Å². The van der Waals surface area contributed by atoms with Gasteiger partial charge in [0.25, 0.3) is 5.91 Å². The normalized spacial score (nSPS) is 16.1. The number of likely N-dealkylation sites (tertiary alicyclic amines) is 1. The van der Waals surface area contributed by atoms with E-state index >= 15 is 0 Å². The van der Waals surface area contributed by atoms with E-state index in [2.05, 4.69) is 18.7 Å². The van der Waals surface area contributed by atoms with Gasteiger partial charge in [-0.3, -0.25) is 4.79 Å². The molecule has 0 unspecified atom stereocenters. The summed E-state index contributed by atoms with van der Waals surface area (Å²) in [5, 5.41) is 0. The molecule has 0 aliphatic carbocycles. The van der Waals surface area contributed by atoms with Crippen LogP contribution < -0.4 is 29.6 Å². The van der Waals surface area contributed by atoms with Crippen LogP contribution in [0.3, 0.4) is 0 Å². The molecule has 40 heavy (non-hydrogen) atoms. The Morgan fingerprint density at radius 1 is 0.975 bits per heavy atom. The van der Waals surface area contributed by atoms with Crippen LogP contribution in [0.25, 0.3) is 0 Å².